The highest BCUT2D eigenvalue weighted by Gasteiger charge is 2.41. The van der Waals surface area contributed by atoms with Gasteiger partial charge in [0.15, 0.2) is 0 Å². The van der Waals surface area contributed by atoms with Crippen molar-refractivity contribution in [2.24, 2.45) is 5.29 Å². The van der Waals surface area contributed by atoms with Crippen molar-refractivity contribution in [2.45, 2.75) is 50.5 Å². The Kier molecular flexibility index (Phi) is 2.03. The lowest BCUT2D eigenvalue weighted by Crippen LogP contribution is -2.41. The smallest absolute Gasteiger partial charge is 0.0611 e. The molecule has 0 unspecified atom stereocenters. The molecule has 1 aliphatic heterocycles. The molecule has 12 heavy (non-hydrogen) atoms. The summed E-state index contributed by atoms with van der Waals surface area (Å²) in [6, 6.07) is 0. The van der Waals surface area contributed by atoms with Crippen molar-refractivity contribution in [3.05, 3.63) is 4.91 Å². The third-order valence-corrected chi connectivity index (χ3v) is 3.44. The molecule has 1 spiro atoms. The summed E-state index contributed by atoms with van der Waals surface area (Å²) in [5.74, 6) is 0. The van der Waals surface area contributed by atoms with Crippen LogP contribution in [0.3, 0.4) is 0 Å². The average Bonchev–Trinajstić information content (AvgIpc) is 2.49. The standard InChI is InChI=1S/C9H16N2O/c12-10-11-8-4-7-9(11)5-2-1-3-6-9/h1-8H2. The molecule has 0 aromatic carbocycles. The Labute approximate surface area is 73.1 Å². The van der Waals surface area contributed by atoms with E-state index in [-0.39, 0.29) is 5.54 Å². The monoisotopic (exact) mass is 168 g/mol. The largest absolute Gasteiger partial charge is 0.255 e. The second-order valence-electron chi connectivity index (χ2n) is 4.09. The summed E-state index contributed by atoms with van der Waals surface area (Å²) in [6.45, 7) is 0.892. The molecule has 0 aromatic heterocycles. The normalized spacial score (nSPS) is 27.8. The van der Waals surface area contributed by atoms with E-state index in [2.05, 4.69) is 5.29 Å². The molecule has 0 radical (unpaired) electrons. The molecule has 1 saturated carbocycles. The van der Waals surface area contributed by atoms with Crippen molar-refractivity contribution in [2.75, 3.05) is 6.54 Å². The van der Waals surface area contributed by atoms with E-state index in [4.69, 9.17) is 0 Å². The first-order valence-corrected chi connectivity index (χ1v) is 4.98. The fourth-order valence-electron chi connectivity index (χ4n) is 2.77. The Morgan fingerprint density at radius 2 is 1.67 bits per heavy atom. The minimum Gasteiger partial charge on any atom is -0.255 e. The number of hydrogen-bond acceptors (Lipinski definition) is 2. The highest BCUT2D eigenvalue weighted by Crippen LogP contribution is 2.41. The van der Waals surface area contributed by atoms with Crippen LogP contribution in [-0.4, -0.2) is 17.1 Å². The van der Waals surface area contributed by atoms with Crippen molar-refractivity contribution in [1.29, 1.82) is 0 Å². The van der Waals surface area contributed by atoms with Crippen molar-refractivity contribution in [3.63, 3.8) is 0 Å². The topological polar surface area (TPSA) is 32.7 Å². The first-order valence-electron chi connectivity index (χ1n) is 4.98. The molecule has 0 atom stereocenters. The van der Waals surface area contributed by atoms with Crippen LogP contribution >= 0.6 is 0 Å². The molecule has 3 heteroatoms. The van der Waals surface area contributed by atoms with Gasteiger partial charge in [0.25, 0.3) is 0 Å². The van der Waals surface area contributed by atoms with E-state index in [1.165, 1.54) is 38.5 Å². The van der Waals surface area contributed by atoms with E-state index in [0.29, 0.717) is 0 Å². The van der Waals surface area contributed by atoms with Gasteiger partial charge in [-0.1, -0.05) is 19.3 Å². The minimum atomic E-state index is 0.194. The molecular formula is C9H16N2O. The maximum absolute atomic E-state index is 10.6. The van der Waals surface area contributed by atoms with Crippen LogP contribution in [0.4, 0.5) is 0 Å². The van der Waals surface area contributed by atoms with Gasteiger partial charge in [0.1, 0.15) is 0 Å². The average molecular weight is 168 g/mol. The predicted octanol–water partition coefficient (Wildman–Crippen LogP) is 2.47. The predicted molar refractivity (Wildman–Crippen MR) is 47.6 cm³/mol. The molecule has 2 rings (SSSR count). The van der Waals surface area contributed by atoms with Crippen molar-refractivity contribution in [1.82, 2.24) is 5.01 Å². The number of hydrogen-bond donors (Lipinski definition) is 0. The third kappa shape index (κ3) is 1.11. The second-order valence-corrected chi connectivity index (χ2v) is 4.09. The van der Waals surface area contributed by atoms with Gasteiger partial charge in [-0.2, -0.15) is 0 Å². The molecule has 0 N–H and O–H groups in total. The molecule has 1 aliphatic carbocycles. The van der Waals surface area contributed by atoms with Crippen molar-refractivity contribution in [3.8, 4) is 0 Å². The molecule has 1 heterocycles. The Balaban J connectivity index is 2.10. The molecule has 2 aliphatic rings. The third-order valence-electron chi connectivity index (χ3n) is 3.44. The Bertz CT molecular complexity index is 175. The van der Waals surface area contributed by atoms with Gasteiger partial charge in [-0.25, -0.2) is 0 Å². The van der Waals surface area contributed by atoms with Crippen LogP contribution in [-0.2, 0) is 0 Å². The summed E-state index contributed by atoms with van der Waals surface area (Å²) in [6.07, 6.45) is 8.65. The van der Waals surface area contributed by atoms with Crippen LogP contribution in [0.15, 0.2) is 5.29 Å². The molecule has 68 valence electrons. The highest BCUT2D eigenvalue weighted by atomic mass is 16.3. The minimum absolute atomic E-state index is 0.194. The van der Waals surface area contributed by atoms with E-state index in [0.717, 1.165) is 13.0 Å². The second kappa shape index (κ2) is 3.04. The van der Waals surface area contributed by atoms with Crippen molar-refractivity contribution >= 4 is 0 Å². The lowest BCUT2D eigenvalue weighted by Gasteiger charge is -2.37. The molecular weight excluding hydrogens is 152 g/mol. The van der Waals surface area contributed by atoms with Crippen LogP contribution < -0.4 is 0 Å². The van der Waals surface area contributed by atoms with Gasteiger partial charge < -0.3 is 0 Å². The maximum Gasteiger partial charge on any atom is 0.0611 e. The van der Waals surface area contributed by atoms with E-state index < -0.39 is 0 Å². The van der Waals surface area contributed by atoms with Gasteiger partial charge in [-0.15, -0.1) is 4.91 Å². The lowest BCUT2D eigenvalue weighted by molar-refractivity contribution is 0.0946. The van der Waals surface area contributed by atoms with Gasteiger partial charge in [-0.05, 0) is 25.7 Å². The highest BCUT2D eigenvalue weighted by molar-refractivity contribution is 4.95. The Morgan fingerprint density at radius 3 is 2.33 bits per heavy atom. The Morgan fingerprint density at radius 1 is 1.00 bits per heavy atom. The summed E-state index contributed by atoms with van der Waals surface area (Å²) in [4.78, 5) is 10.6. The van der Waals surface area contributed by atoms with Crippen LogP contribution in [0.1, 0.15) is 44.9 Å². The zero-order valence-electron chi connectivity index (χ0n) is 7.46. The fourth-order valence-corrected chi connectivity index (χ4v) is 2.77. The van der Waals surface area contributed by atoms with Crippen LogP contribution in [0.25, 0.3) is 0 Å². The van der Waals surface area contributed by atoms with Crippen molar-refractivity contribution < 1.29 is 0 Å². The summed E-state index contributed by atoms with van der Waals surface area (Å²) < 4.78 is 0. The van der Waals surface area contributed by atoms with Crippen LogP contribution in [0, 0.1) is 4.91 Å². The van der Waals surface area contributed by atoms with Gasteiger partial charge in [0, 0.05) is 6.54 Å². The molecule has 0 bridgehead atoms. The Hall–Kier alpha value is -0.600. The first kappa shape index (κ1) is 8.02. The molecule has 0 aromatic rings. The quantitative estimate of drug-likeness (QED) is 0.563. The van der Waals surface area contributed by atoms with Crippen LogP contribution in [0.5, 0.6) is 0 Å². The summed E-state index contributed by atoms with van der Waals surface area (Å²) in [5.41, 5.74) is 0.194. The molecule has 0 amide bonds. The van der Waals surface area contributed by atoms with E-state index in [9.17, 15) is 4.91 Å². The number of nitroso groups, excluding NO2 is 1. The van der Waals surface area contributed by atoms with Gasteiger partial charge >= 0.3 is 0 Å². The van der Waals surface area contributed by atoms with E-state index in [1.807, 2.05) is 5.01 Å². The molecule has 3 nitrogen and oxygen atoms in total. The first-order chi connectivity index (χ1) is 5.87. The maximum atomic E-state index is 10.6. The van der Waals surface area contributed by atoms with E-state index in [1.54, 1.807) is 0 Å². The summed E-state index contributed by atoms with van der Waals surface area (Å²) >= 11 is 0. The zero-order chi connectivity index (χ0) is 8.44. The molecule has 2 fully saturated rings. The van der Waals surface area contributed by atoms with Gasteiger partial charge in [0.2, 0.25) is 0 Å². The lowest BCUT2D eigenvalue weighted by atomic mass is 9.80. The van der Waals surface area contributed by atoms with Gasteiger partial charge in [-0.3, -0.25) is 5.01 Å². The SMILES string of the molecule is O=NN1CCCC12CCCCC2. The summed E-state index contributed by atoms with van der Waals surface area (Å²) in [5, 5.41) is 4.96. The summed E-state index contributed by atoms with van der Waals surface area (Å²) in [7, 11) is 0. The molecule has 1 saturated heterocycles. The van der Waals surface area contributed by atoms with Crippen LogP contribution in [0.2, 0.25) is 0 Å². The zero-order valence-corrected chi connectivity index (χ0v) is 7.46. The van der Waals surface area contributed by atoms with E-state index >= 15 is 0 Å². The fraction of sp³-hybridized carbons (Fsp3) is 1.00. The van der Waals surface area contributed by atoms with Gasteiger partial charge in [0.05, 0.1) is 10.8 Å². The number of nitrogens with zero attached hydrogens (tertiary/aromatic N) is 2. The number of rotatable bonds is 1.